The predicted molar refractivity (Wildman–Crippen MR) is 64.3 cm³/mol. The standard InChI is InChI=1S/C12H12F2N4O2/c1-2-20-12(19)9-10(11(13)14)18(17-16-9)7-8-3-5-15-6-4-8/h3-6,11H,2,7H2,1H3. The van der Waals surface area contributed by atoms with Gasteiger partial charge in [0.1, 0.15) is 5.69 Å². The Labute approximate surface area is 113 Å². The van der Waals surface area contributed by atoms with Crippen LogP contribution < -0.4 is 0 Å². The number of carbonyl (C=O) groups excluding carboxylic acids is 1. The van der Waals surface area contributed by atoms with Crippen LogP contribution in [0.1, 0.15) is 35.1 Å². The molecule has 0 saturated carbocycles. The van der Waals surface area contributed by atoms with E-state index in [0.29, 0.717) is 0 Å². The highest BCUT2D eigenvalue weighted by Crippen LogP contribution is 2.22. The quantitative estimate of drug-likeness (QED) is 0.782. The first-order valence-corrected chi connectivity index (χ1v) is 5.91. The molecule has 0 amide bonds. The van der Waals surface area contributed by atoms with E-state index in [1.165, 1.54) is 0 Å². The summed E-state index contributed by atoms with van der Waals surface area (Å²) in [5.41, 5.74) is -0.265. The number of ether oxygens (including phenoxy) is 1. The number of hydrogen-bond donors (Lipinski definition) is 0. The van der Waals surface area contributed by atoms with E-state index in [0.717, 1.165) is 10.2 Å². The van der Waals surface area contributed by atoms with Gasteiger partial charge >= 0.3 is 5.97 Å². The molecule has 0 radical (unpaired) electrons. The highest BCUT2D eigenvalue weighted by atomic mass is 19.3. The summed E-state index contributed by atoms with van der Waals surface area (Å²) >= 11 is 0. The fourth-order valence-corrected chi connectivity index (χ4v) is 1.66. The van der Waals surface area contributed by atoms with E-state index in [4.69, 9.17) is 0 Å². The Morgan fingerprint density at radius 3 is 2.70 bits per heavy atom. The number of alkyl halides is 2. The number of hydrogen-bond acceptors (Lipinski definition) is 5. The van der Waals surface area contributed by atoms with Crippen LogP contribution in [0.3, 0.4) is 0 Å². The van der Waals surface area contributed by atoms with Crippen molar-refractivity contribution in [3.63, 3.8) is 0 Å². The van der Waals surface area contributed by atoms with Crippen LogP contribution in [0.25, 0.3) is 0 Å². The SMILES string of the molecule is CCOC(=O)c1nnn(Cc2ccncc2)c1C(F)F. The third kappa shape index (κ3) is 2.95. The van der Waals surface area contributed by atoms with Crippen LogP contribution in [0.2, 0.25) is 0 Å². The third-order valence-corrected chi connectivity index (χ3v) is 2.53. The van der Waals surface area contributed by atoms with Gasteiger partial charge in [-0.05, 0) is 24.6 Å². The summed E-state index contributed by atoms with van der Waals surface area (Å²) in [5, 5.41) is 7.10. The summed E-state index contributed by atoms with van der Waals surface area (Å²) < 4.78 is 31.9. The van der Waals surface area contributed by atoms with E-state index in [9.17, 15) is 13.6 Å². The van der Waals surface area contributed by atoms with Gasteiger partial charge in [-0.15, -0.1) is 5.10 Å². The normalized spacial score (nSPS) is 10.8. The van der Waals surface area contributed by atoms with Crippen molar-refractivity contribution in [3.05, 3.63) is 41.5 Å². The Bertz CT molecular complexity index is 586. The second-order valence-corrected chi connectivity index (χ2v) is 3.86. The lowest BCUT2D eigenvalue weighted by Crippen LogP contribution is -2.12. The molecular formula is C12H12F2N4O2. The Kier molecular flexibility index (Phi) is 4.34. The molecular weight excluding hydrogens is 270 g/mol. The smallest absolute Gasteiger partial charge is 0.361 e. The zero-order valence-corrected chi connectivity index (χ0v) is 10.7. The maximum atomic E-state index is 13.1. The van der Waals surface area contributed by atoms with Gasteiger partial charge in [-0.1, -0.05) is 5.21 Å². The van der Waals surface area contributed by atoms with E-state index in [1.54, 1.807) is 31.5 Å². The average molecular weight is 282 g/mol. The molecule has 2 aromatic rings. The van der Waals surface area contributed by atoms with Crippen molar-refractivity contribution in [2.24, 2.45) is 0 Å². The van der Waals surface area contributed by atoms with E-state index >= 15 is 0 Å². The van der Waals surface area contributed by atoms with Crippen LogP contribution >= 0.6 is 0 Å². The summed E-state index contributed by atoms with van der Waals surface area (Å²) in [4.78, 5) is 15.4. The van der Waals surface area contributed by atoms with Crippen LogP contribution in [0.15, 0.2) is 24.5 Å². The molecule has 0 aliphatic heterocycles. The first-order valence-electron chi connectivity index (χ1n) is 5.91. The van der Waals surface area contributed by atoms with E-state index in [1.807, 2.05) is 0 Å². The average Bonchev–Trinajstić information content (AvgIpc) is 2.84. The van der Waals surface area contributed by atoms with Gasteiger partial charge in [-0.3, -0.25) is 4.98 Å². The Balaban J connectivity index is 2.32. The zero-order valence-electron chi connectivity index (χ0n) is 10.7. The van der Waals surface area contributed by atoms with Crippen LogP contribution in [-0.4, -0.2) is 32.6 Å². The van der Waals surface area contributed by atoms with E-state index in [2.05, 4.69) is 20.0 Å². The molecule has 0 aliphatic rings. The molecule has 0 unspecified atom stereocenters. The zero-order chi connectivity index (χ0) is 14.5. The number of rotatable bonds is 5. The van der Waals surface area contributed by atoms with Gasteiger partial charge in [0.15, 0.2) is 5.69 Å². The molecule has 0 fully saturated rings. The van der Waals surface area contributed by atoms with Crippen LogP contribution in [0, 0.1) is 0 Å². The Hall–Kier alpha value is -2.38. The van der Waals surface area contributed by atoms with Crippen molar-refractivity contribution in [3.8, 4) is 0 Å². The fourth-order valence-electron chi connectivity index (χ4n) is 1.66. The van der Waals surface area contributed by atoms with Gasteiger partial charge in [-0.25, -0.2) is 18.3 Å². The molecule has 0 bridgehead atoms. The van der Waals surface area contributed by atoms with Crippen LogP contribution in [0.5, 0.6) is 0 Å². The largest absolute Gasteiger partial charge is 0.461 e. The molecule has 106 valence electrons. The summed E-state index contributed by atoms with van der Waals surface area (Å²) in [6, 6.07) is 3.34. The first kappa shape index (κ1) is 14.0. The van der Waals surface area contributed by atoms with Gasteiger partial charge in [0.05, 0.1) is 13.2 Å². The number of carbonyl (C=O) groups is 1. The van der Waals surface area contributed by atoms with Crippen molar-refractivity contribution in [2.75, 3.05) is 6.61 Å². The van der Waals surface area contributed by atoms with Gasteiger partial charge in [0, 0.05) is 12.4 Å². The highest BCUT2D eigenvalue weighted by molar-refractivity contribution is 5.88. The lowest BCUT2D eigenvalue weighted by molar-refractivity contribution is 0.0506. The second-order valence-electron chi connectivity index (χ2n) is 3.86. The minimum atomic E-state index is -2.87. The summed E-state index contributed by atoms with van der Waals surface area (Å²) in [6.07, 6.45) is 0.215. The summed E-state index contributed by atoms with van der Waals surface area (Å²) in [7, 11) is 0. The number of aromatic nitrogens is 4. The Morgan fingerprint density at radius 1 is 1.40 bits per heavy atom. The summed E-state index contributed by atoms with van der Waals surface area (Å²) in [5.74, 6) is -0.899. The molecule has 2 rings (SSSR count). The topological polar surface area (TPSA) is 69.9 Å². The van der Waals surface area contributed by atoms with Crippen LogP contribution in [-0.2, 0) is 11.3 Å². The predicted octanol–water partition coefficient (Wildman–Crippen LogP) is 1.84. The van der Waals surface area contributed by atoms with Gasteiger partial charge in [-0.2, -0.15) is 0 Å². The molecule has 0 aromatic carbocycles. The fraction of sp³-hybridized carbons (Fsp3) is 0.333. The van der Waals surface area contributed by atoms with E-state index < -0.39 is 23.8 Å². The monoisotopic (exact) mass is 282 g/mol. The highest BCUT2D eigenvalue weighted by Gasteiger charge is 2.27. The van der Waals surface area contributed by atoms with Crippen LogP contribution in [0.4, 0.5) is 8.78 Å². The molecule has 0 spiro atoms. The molecule has 0 saturated heterocycles. The minimum Gasteiger partial charge on any atom is -0.461 e. The van der Waals surface area contributed by atoms with Gasteiger partial charge < -0.3 is 4.74 Å². The minimum absolute atomic E-state index is 0.0780. The number of nitrogens with zero attached hydrogens (tertiary/aromatic N) is 4. The number of halogens is 2. The molecule has 0 aliphatic carbocycles. The van der Waals surface area contributed by atoms with Gasteiger partial charge in [0.2, 0.25) is 0 Å². The maximum Gasteiger partial charge on any atom is 0.361 e. The Morgan fingerprint density at radius 2 is 2.10 bits per heavy atom. The molecule has 20 heavy (non-hydrogen) atoms. The summed E-state index contributed by atoms with van der Waals surface area (Å²) in [6.45, 7) is 1.74. The second kappa shape index (κ2) is 6.18. The van der Waals surface area contributed by atoms with Crippen molar-refractivity contribution in [2.45, 2.75) is 19.9 Å². The van der Waals surface area contributed by atoms with Crippen molar-refractivity contribution in [1.82, 2.24) is 20.0 Å². The van der Waals surface area contributed by atoms with Crippen molar-refractivity contribution < 1.29 is 18.3 Å². The number of esters is 1. The molecule has 6 nitrogen and oxygen atoms in total. The molecule has 0 atom stereocenters. The molecule has 2 heterocycles. The molecule has 0 N–H and O–H groups in total. The molecule has 2 aromatic heterocycles. The van der Waals surface area contributed by atoms with E-state index in [-0.39, 0.29) is 13.2 Å². The first-order chi connectivity index (χ1) is 9.63. The van der Waals surface area contributed by atoms with Crippen molar-refractivity contribution >= 4 is 5.97 Å². The lowest BCUT2D eigenvalue weighted by Gasteiger charge is -2.06. The maximum absolute atomic E-state index is 13.1. The lowest BCUT2D eigenvalue weighted by atomic mass is 10.2. The number of pyridine rings is 1. The van der Waals surface area contributed by atoms with Gasteiger partial charge in [0.25, 0.3) is 6.43 Å². The molecule has 8 heteroatoms. The third-order valence-electron chi connectivity index (χ3n) is 2.53. The van der Waals surface area contributed by atoms with Crippen molar-refractivity contribution in [1.29, 1.82) is 0 Å².